The molecular weight excluding hydrogens is 226 g/mol. The molecule has 1 nitrogen and oxygen atoms in total. The first kappa shape index (κ1) is 9.22. The summed E-state index contributed by atoms with van der Waals surface area (Å²) in [4.78, 5) is 2.48. The number of likely N-dealkylation sites (N-methyl/N-ethyl adjacent to an activating group) is 1. The van der Waals surface area contributed by atoms with E-state index in [0.29, 0.717) is 0 Å². The summed E-state index contributed by atoms with van der Waals surface area (Å²) in [6.07, 6.45) is 1.20. The summed E-state index contributed by atoms with van der Waals surface area (Å²) < 4.78 is 1.27. The predicted molar refractivity (Wildman–Crippen MR) is 58.8 cm³/mol. The zero-order chi connectivity index (χ0) is 9.26. The van der Waals surface area contributed by atoms with E-state index >= 15 is 0 Å². The SMILES string of the molecule is CCN1CCc2cccc(Br)c2C1. The van der Waals surface area contributed by atoms with Gasteiger partial charge in [-0.05, 0) is 30.2 Å². The van der Waals surface area contributed by atoms with Gasteiger partial charge in [0, 0.05) is 17.6 Å². The van der Waals surface area contributed by atoms with E-state index in [2.05, 4.69) is 46.0 Å². The van der Waals surface area contributed by atoms with Gasteiger partial charge >= 0.3 is 0 Å². The molecule has 2 heteroatoms. The molecule has 70 valence electrons. The van der Waals surface area contributed by atoms with Crippen LogP contribution in [0.5, 0.6) is 0 Å². The van der Waals surface area contributed by atoms with Crippen LogP contribution in [0.15, 0.2) is 22.7 Å². The van der Waals surface area contributed by atoms with Crippen molar-refractivity contribution in [2.45, 2.75) is 19.9 Å². The normalized spacial score (nSPS) is 17.1. The first-order valence-electron chi connectivity index (χ1n) is 4.80. The Morgan fingerprint density at radius 3 is 3.08 bits per heavy atom. The number of rotatable bonds is 1. The lowest BCUT2D eigenvalue weighted by Gasteiger charge is -2.28. The Morgan fingerprint density at radius 2 is 2.31 bits per heavy atom. The van der Waals surface area contributed by atoms with Crippen molar-refractivity contribution < 1.29 is 0 Å². The van der Waals surface area contributed by atoms with Crippen molar-refractivity contribution in [2.75, 3.05) is 13.1 Å². The summed E-state index contributed by atoms with van der Waals surface area (Å²) in [5.41, 5.74) is 3.00. The molecule has 1 aliphatic heterocycles. The second-order valence-electron chi connectivity index (χ2n) is 3.50. The van der Waals surface area contributed by atoms with Crippen molar-refractivity contribution in [1.82, 2.24) is 4.90 Å². The van der Waals surface area contributed by atoms with Crippen LogP contribution < -0.4 is 0 Å². The lowest BCUT2D eigenvalue weighted by Crippen LogP contribution is -2.30. The minimum atomic E-state index is 1.10. The Balaban J connectivity index is 2.32. The third-order valence-electron chi connectivity index (χ3n) is 2.74. The Kier molecular flexibility index (Phi) is 2.70. The number of nitrogens with zero attached hydrogens (tertiary/aromatic N) is 1. The van der Waals surface area contributed by atoms with Crippen LogP contribution in [0, 0.1) is 0 Å². The zero-order valence-corrected chi connectivity index (χ0v) is 9.47. The lowest BCUT2D eigenvalue weighted by atomic mass is 10.0. The molecule has 0 unspecified atom stereocenters. The van der Waals surface area contributed by atoms with Gasteiger partial charge < -0.3 is 0 Å². The monoisotopic (exact) mass is 239 g/mol. The maximum atomic E-state index is 3.61. The van der Waals surface area contributed by atoms with Crippen LogP contribution in [-0.2, 0) is 13.0 Å². The summed E-state index contributed by atoms with van der Waals surface area (Å²) in [6, 6.07) is 6.51. The molecule has 0 aromatic heterocycles. The highest BCUT2D eigenvalue weighted by Gasteiger charge is 2.16. The van der Waals surface area contributed by atoms with Crippen LogP contribution in [0.4, 0.5) is 0 Å². The van der Waals surface area contributed by atoms with Gasteiger partial charge in [0.05, 0.1) is 0 Å². The van der Waals surface area contributed by atoms with Crippen LogP contribution in [0.3, 0.4) is 0 Å². The molecule has 1 aliphatic rings. The van der Waals surface area contributed by atoms with Crippen molar-refractivity contribution in [3.8, 4) is 0 Å². The van der Waals surface area contributed by atoms with E-state index in [0.717, 1.165) is 13.1 Å². The van der Waals surface area contributed by atoms with Gasteiger partial charge in [-0.3, -0.25) is 4.90 Å². The van der Waals surface area contributed by atoms with E-state index in [1.54, 1.807) is 0 Å². The summed E-state index contributed by atoms with van der Waals surface area (Å²) >= 11 is 3.61. The summed E-state index contributed by atoms with van der Waals surface area (Å²) in [7, 11) is 0. The van der Waals surface area contributed by atoms with E-state index in [1.807, 2.05) is 0 Å². The molecule has 1 aromatic carbocycles. The van der Waals surface area contributed by atoms with Crippen LogP contribution in [0.1, 0.15) is 18.1 Å². The van der Waals surface area contributed by atoms with E-state index in [-0.39, 0.29) is 0 Å². The number of hydrogen-bond acceptors (Lipinski definition) is 1. The second kappa shape index (κ2) is 3.81. The Labute approximate surface area is 87.9 Å². The van der Waals surface area contributed by atoms with Crippen molar-refractivity contribution in [1.29, 1.82) is 0 Å². The van der Waals surface area contributed by atoms with Crippen molar-refractivity contribution in [3.05, 3.63) is 33.8 Å². The molecule has 0 bridgehead atoms. The molecule has 0 saturated carbocycles. The van der Waals surface area contributed by atoms with E-state index in [9.17, 15) is 0 Å². The molecule has 2 rings (SSSR count). The van der Waals surface area contributed by atoms with Gasteiger partial charge in [0.2, 0.25) is 0 Å². The number of hydrogen-bond donors (Lipinski definition) is 0. The molecule has 0 aliphatic carbocycles. The summed E-state index contributed by atoms with van der Waals surface area (Å²) in [5, 5.41) is 0. The molecule has 0 amide bonds. The lowest BCUT2D eigenvalue weighted by molar-refractivity contribution is 0.267. The van der Waals surface area contributed by atoms with Crippen LogP contribution in [0.2, 0.25) is 0 Å². The number of halogens is 1. The molecule has 13 heavy (non-hydrogen) atoms. The smallest absolute Gasteiger partial charge is 0.0247 e. The quantitative estimate of drug-likeness (QED) is 0.729. The molecule has 1 heterocycles. The first-order chi connectivity index (χ1) is 6.31. The minimum absolute atomic E-state index is 1.10. The highest BCUT2D eigenvalue weighted by atomic mass is 79.9. The molecule has 0 atom stereocenters. The predicted octanol–water partition coefficient (Wildman–Crippen LogP) is 2.83. The second-order valence-corrected chi connectivity index (χ2v) is 4.35. The van der Waals surface area contributed by atoms with Gasteiger partial charge in [0.25, 0.3) is 0 Å². The minimum Gasteiger partial charge on any atom is -0.299 e. The van der Waals surface area contributed by atoms with Crippen molar-refractivity contribution in [3.63, 3.8) is 0 Å². The standard InChI is InChI=1S/C11H14BrN/c1-2-13-7-6-9-4-3-5-11(12)10(9)8-13/h3-5H,2,6-8H2,1H3. The van der Waals surface area contributed by atoms with E-state index in [4.69, 9.17) is 0 Å². The molecule has 1 aromatic rings. The first-order valence-corrected chi connectivity index (χ1v) is 5.59. The zero-order valence-electron chi connectivity index (χ0n) is 7.89. The van der Waals surface area contributed by atoms with Crippen LogP contribution in [-0.4, -0.2) is 18.0 Å². The Hall–Kier alpha value is -0.340. The molecule has 0 spiro atoms. The van der Waals surface area contributed by atoms with Gasteiger partial charge in [-0.1, -0.05) is 35.0 Å². The molecular formula is C11H14BrN. The molecule has 0 fully saturated rings. The average Bonchev–Trinajstić information content (AvgIpc) is 2.18. The molecule has 0 saturated heterocycles. The largest absolute Gasteiger partial charge is 0.299 e. The fourth-order valence-corrected chi connectivity index (χ4v) is 2.40. The number of fused-ring (bicyclic) bond motifs is 1. The highest BCUT2D eigenvalue weighted by Crippen LogP contribution is 2.25. The van der Waals surface area contributed by atoms with Crippen molar-refractivity contribution in [2.24, 2.45) is 0 Å². The van der Waals surface area contributed by atoms with E-state index in [1.165, 1.54) is 28.6 Å². The highest BCUT2D eigenvalue weighted by molar-refractivity contribution is 9.10. The third kappa shape index (κ3) is 1.79. The summed E-state index contributed by atoms with van der Waals surface area (Å²) in [6.45, 7) is 5.69. The summed E-state index contributed by atoms with van der Waals surface area (Å²) in [5.74, 6) is 0. The van der Waals surface area contributed by atoms with Crippen molar-refractivity contribution >= 4 is 15.9 Å². The molecule has 0 N–H and O–H groups in total. The maximum absolute atomic E-state index is 3.61. The van der Waals surface area contributed by atoms with Gasteiger partial charge in [0.1, 0.15) is 0 Å². The third-order valence-corrected chi connectivity index (χ3v) is 3.49. The maximum Gasteiger partial charge on any atom is 0.0247 e. The fraction of sp³-hybridized carbons (Fsp3) is 0.455. The average molecular weight is 240 g/mol. The topological polar surface area (TPSA) is 3.24 Å². The van der Waals surface area contributed by atoms with E-state index < -0.39 is 0 Å². The van der Waals surface area contributed by atoms with Gasteiger partial charge in [-0.25, -0.2) is 0 Å². The fourth-order valence-electron chi connectivity index (χ4n) is 1.87. The van der Waals surface area contributed by atoms with Gasteiger partial charge in [-0.2, -0.15) is 0 Å². The van der Waals surface area contributed by atoms with Gasteiger partial charge in [0.15, 0.2) is 0 Å². The number of benzene rings is 1. The van der Waals surface area contributed by atoms with Gasteiger partial charge in [-0.15, -0.1) is 0 Å². The molecule has 0 radical (unpaired) electrons. The Bertz CT molecular complexity index is 309. The van der Waals surface area contributed by atoms with Crippen LogP contribution >= 0.6 is 15.9 Å². The Morgan fingerprint density at radius 1 is 1.46 bits per heavy atom. The van der Waals surface area contributed by atoms with Crippen LogP contribution in [0.25, 0.3) is 0 Å².